The molecule has 3 nitrogen and oxygen atoms in total. The second-order valence-electron chi connectivity index (χ2n) is 2.34. The van der Waals surface area contributed by atoms with Gasteiger partial charge in [0.1, 0.15) is 15.9 Å². The molecule has 0 saturated heterocycles. The summed E-state index contributed by atoms with van der Waals surface area (Å²) in [5.74, 6) is -0.771. The Morgan fingerprint density at radius 2 is 2.08 bits per heavy atom. The normalized spacial score (nSPS) is 11.2. The summed E-state index contributed by atoms with van der Waals surface area (Å²) in [6.07, 6.45) is 1.23. The monoisotopic (exact) mass is 201 g/mol. The summed E-state index contributed by atoms with van der Waals surface area (Å²) in [7, 11) is -4.57. The molecule has 0 N–H and O–H groups in total. The Labute approximate surface area is 75.3 Å². The van der Waals surface area contributed by atoms with Crippen LogP contribution in [0.3, 0.4) is 0 Å². The van der Waals surface area contributed by atoms with E-state index in [1.54, 1.807) is 0 Å². The Bertz CT molecular complexity index is 437. The highest BCUT2D eigenvalue weighted by molar-refractivity contribution is 7.85. The van der Waals surface area contributed by atoms with E-state index < -0.39 is 20.8 Å². The van der Waals surface area contributed by atoms with Crippen molar-refractivity contribution in [3.05, 3.63) is 36.2 Å². The lowest BCUT2D eigenvalue weighted by molar-refractivity contribution is 0.462. The maximum absolute atomic E-state index is 12.9. The Kier molecular flexibility index (Phi) is 2.49. The van der Waals surface area contributed by atoms with Crippen LogP contribution in [0, 0.1) is 5.82 Å². The van der Waals surface area contributed by atoms with Crippen LogP contribution < -0.4 is 0 Å². The molecule has 0 radical (unpaired) electrons. The zero-order valence-corrected chi connectivity index (χ0v) is 7.34. The molecule has 0 aliphatic carbocycles. The average molecular weight is 201 g/mol. The number of benzene rings is 1. The van der Waals surface area contributed by atoms with Crippen LogP contribution in [0.5, 0.6) is 0 Å². The first-order valence-electron chi connectivity index (χ1n) is 3.33. The van der Waals surface area contributed by atoms with Gasteiger partial charge in [0.05, 0.1) is 4.90 Å². The number of halogens is 1. The van der Waals surface area contributed by atoms with Crippen molar-refractivity contribution in [1.82, 2.24) is 0 Å². The third kappa shape index (κ3) is 2.13. The minimum Gasteiger partial charge on any atom is -0.744 e. The molecular weight excluding hydrogens is 195 g/mol. The molecule has 13 heavy (non-hydrogen) atoms. The lowest BCUT2D eigenvalue weighted by Gasteiger charge is -2.07. The molecule has 0 amide bonds. The summed E-state index contributed by atoms with van der Waals surface area (Å²) in [5, 5.41) is 0. The smallest absolute Gasteiger partial charge is 0.131 e. The lowest BCUT2D eigenvalue weighted by Crippen LogP contribution is -1.99. The third-order valence-corrected chi connectivity index (χ3v) is 2.31. The predicted octanol–water partition coefficient (Wildman–Crippen LogP) is 1.37. The van der Waals surface area contributed by atoms with Crippen molar-refractivity contribution in [2.75, 3.05) is 0 Å². The van der Waals surface area contributed by atoms with Crippen LogP contribution in [-0.2, 0) is 10.1 Å². The molecule has 0 heterocycles. The summed E-state index contributed by atoms with van der Waals surface area (Å²) in [6.45, 7) is 3.32. The zero-order valence-electron chi connectivity index (χ0n) is 6.53. The van der Waals surface area contributed by atoms with Gasteiger partial charge in [0.15, 0.2) is 0 Å². The highest BCUT2D eigenvalue weighted by atomic mass is 32.2. The molecule has 1 aromatic carbocycles. The molecule has 0 aliphatic rings. The van der Waals surface area contributed by atoms with Gasteiger partial charge < -0.3 is 4.55 Å². The van der Waals surface area contributed by atoms with Gasteiger partial charge in [-0.15, -0.1) is 0 Å². The van der Waals surface area contributed by atoms with Crippen molar-refractivity contribution in [2.24, 2.45) is 0 Å². The van der Waals surface area contributed by atoms with Crippen molar-refractivity contribution >= 4 is 16.2 Å². The molecule has 0 spiro atoms. The van der Waals surface area contributed by atoms with Crippen LogP contribution in [0.25, 0.3) is 6.08 Å². The summed E-state index contributed by atoms with van der Waals surface area (Å²) >= 11 is 0. The van der Waals surface area contributed by atoms with Crippen LogP contribution in [0.4, 0.5) is 4.39 Å². The lowest BCUT2D eigenvalue weighted by atomic mass is 10.2. The number of hydrogen-bond acceptors (Lipinski definition) is 3. The maximum Gasteiger partial charge on any atom is 0.131 e. The number of rotatable bonds is 2. The summed E-state index contributed by atoms with van der Waals surface area (Å²) < 4.78 is 44.2. The molecule has 0 aromatic heterocycles. The highest BCUT2D eigenvalue weighted by Crippen LogP contribution is 2.14. The molecular formula is C8H6FO3S-. The van der Waals surface area contributed by atoms with Crippen LogP contribution >= 0.6 is 0 Å². The van der Waals surface area contributed by atoms with E-state index in [2.05, 4.69) is 6.58 Å². The topological polar surface area (TPSA) is 57.2 Å². The van der Waals surface area contributed by atoms with E-state index in [4.69, 9.17) is 0 Å². The van der Waals surface area contributed by atoms with Crippen LogP contribution in [0.15, 0.2) is 29.7 Å². The van der Waals surface area contributed by atoms with Crippen molar-refractivity contribution in [3.63, 3.8) is 0 Å². The van der Waals surface area contributed by atoms with E-state index in [0.29, 0.717) is 6.07 Å². The van der Waals surface area contributed by atoms with E-state index in [0.717, 1.165) is 6.07 Å². The van der Waals surface area contributed by atoms with Gasteiger partial charge in [-0.05, 0) is 12.1 Å². The first-order valence-corrected chi connectivity index (χ1v) is 4.74. The molecule has 0 aliphatic heterocycles. The standard InChI is InChI=1S/C8H7FO3S/c1-2-6-3-4-7(5-8(6)9)13(10,11)12/h2-5H,1H2,(H,10,11,12)/p-1. The third-order valence-electron chi connectivity index (χ3n) is 1.48. The number of hydrogen-bond donors (Lipinski definition) is 0. The van der Waals surface area contributed by atoms with E-state index in [-0.39, 0.29) is 5.56 Å². The van der Waals surface area contributed by atoms with Gasteiger partial charge in [0.25, 0.3) is 0 Å². The molecule has 5 heteroatoms. The minimum absolute atomic E-state index is 0.160. The predicted molar refractivity (Wildman–Crippen MR) is 44.5 cm³/mol. The zero-order chi connectivity index (χ0) is 10.1. The molecule has 0 unspecified atom stereocenters. The van der Waals surface area contributed by atoms with Crippen molar-refractivity contribution in [2.45, 2.75) is 4.90 Å². The SMILES string of the molecule is C=Cc1ccc(S(=O)(=O)[O-])cc1F. The Morgan fingerprint density at radius 1 is 1.46 bits per heavy atom. The molecule has 1 rings (SSSR count). The second kappa shape index (κ2) is 3.27. The minimum atomic E-state index is -4.57. The molecule has 0 saturated carbocycles. The van der Waals surface area contributed by atoms with E-state index in [1.807, 2.05) is 0 Å². The fourth-order valence-corrected chi connectivity index (χ4v) is 1.31. The van der Waals surface area contributed by atoms with Gasteiger partial charge in [0, 0.05) is 5.56 Å². The molecule has 1 aromatic rings. The van der Waals surface area contributed by atoms with Crippen LogP contribution in [0.2, 0.25) is 0 Å². The Hall–Kier alpha value is -1.20. The maximum atomic E-state index is 12.9. The molecule has 70 valence electrons. The Balaban J connectivity index is 3.34. The van der Waals surface area contributed by atoms with Gasteiger partial charge >= 0.3 is 0 Å². The summed E-state index contributed by atoms with van der Waals surface area (Å²) in [5.41, 5.74) is 0.160. The van der Waals surface area contributed by atoms with Gasteiger partial charge in [-0.2, -0.15) is 0 Å². The highest BCUT2D eigenvalue weighted by Gasteiger charge is 2.04. The van der Waals surface area contributed by atoms with Crippen LogP contribution in [0.1, 0.15) is 5.56 Å². The summed E-state index contributed by atoms with van der Waals surface area (Å²) in [6, 6.07) is 2.91. The second-order valence-corrected chi connectivity index (χ2v) is 3.72. The average Bonchev–Trinajstić information content (AvgIpc) is 2.02. The molecule has 0 bridgehead atoms. The fraction of sp³-hybridized carbons (Fsp3) is 0. The van der Waals surface area contributed by atoms with Gasteiger partial charge in [-0.3, -0.25) is 0 Å². The fourth-order valence-electron chi connectivity index (χ4n) is 0.829. The first-order chi connectivity index (χ1) is 5.95. The van der Waals surface area contributed by atoms with Gasteiger partial charge in [-0.25, -0.2) is 12.8 Å². The molecule has 0 fully saturated rings. The quantitative estimate of drug-likeness (QED) is 0.679. The van der Waals surface area contributed by atoms with Gasteiger partial charge in [0.2, 0.25) is 0 Å². The summed E-state index contributed by atoms with van der Waals surface area (Å²) in [4.78, 5) is -0.574. The van der Waals surface area contributed by atoms with Crippen molar-refractivity contribution in [3.8, 4) is 0 Å². The van der Waals surface area contributed by atoms with Crippen molar-refractivity contribution < 1.29 is 17.4 Å². The molecule has 0 atom stereocenters. The first kappa shape index (κ1) is 9.88. The van der Waals surface area contributed by atoms with E-state index in [1.165, 1.54) is 12.1 Å². The van der Waals surface area contributed by atoms with Gasteiger partial charge in [-0.1, -0.05) is 18.7 Å². The largest absolute Gasteiger partial charge is 0.744 e. The van der Waals surface area contributed by atoms with Crippen LogP contribution in [-0.4, -0.2) is 13.0 Å². The van der Waals surface area contributed by atoms with E-state index >= 15 is 0 Å². The van der Waals surface area contributed by atoms with Crippen molar-refractivity contribution in [1.29, 1.82) is 0 Å². The Morgan fingerprint density at radius 3 is 2.46 bits per heavy atom. The van der Waals surface area contributed by atoms with E-state index in [9.17, 15) is 17.4 Å².